The first-order valence-electron chi connectivity index (χ1n) is 7.41. The molecule has 0 radical (unpaired) electrons. The summed E-state index contributed by atoms with van der Waals surface area (Å²) in [5.74, 6) is 0. The third-order valence-corrected chi connectivity index (χ3v) is 3.98. The molecule has 126 valence electrons. The van der Waals surface area contributed by atoms with Crippen LogP contribution in [0.25, 0.3) is 6.08 Å². The largest absolute Gasteiger partial charge is 0.341 e. The van der Waals surface area contributed by atoms with Gasteiger partial charge in [0.05, 0.1) is 44.3 Å². The van der Waals surface area contributed by atoms with Gasteiger partial charge >= 0.3 is 0 Å². The molecular formula is C17H14N4O4. The van der Waals surface area contributed by atoms with E-state index in [1.807, 2.05) is 43.1 Å². The maximum Gasteiger partial charge on any atom is 0.283 e. The normalized spacial score (nSPS) is 14.9. The van der Waals surface area contributed by atoms with Gasteiger partial charge in [0.2, 0.25) is 0 Å². The Morgan fingerprint density at radius 1 is 1.08 bits per heavy atom. The van der Waals surface area contributed by atoms with Crippen molar-refractivity contribution < 1.29 is 9.85 Å². The summed E-state index contributed by atoms with van der Waals surface area (Å²) >= 11 is 0. The molecule has 0 aromatic heterocycles. The maximum atomic E-state index is 11.3. The van der Waals surface area contributed by atoms with Crippen molar-refractivity contribution >= 4 is 34.5 Å². The lowest BCUT2D eigenvalue weighted by molar-refractivity contribution is -0.394. The number of aliphatic imine (C=N–C) groups is 1. The van der Waals surface area contributed by atoms with Crippen LogP contribution in [-0.2, 0) is 0 Å². The van der Waals surface area contributed by atoms with Crippen molar-refractivity contribution in [3.63, 3.8) is 0 Å². The van der Waals surface area contributed by atoms with E-state index in [1.165, 1.54) is 12.1 Å². The first kappa shape index (κ1) is 16.3. The summed E-state index contributed by atoms with van der Waals surface area (Å²) in [5.41, 5.74) is 2.74. The molecule has 0 unspecified atom stereocenters. The average molecular weight is 338 g/mol. The number of benzene rings is 2. The van der Waals surface area contributed by atoms with Gasteiger partial charge in [-0.1, -0.05) is 12.1 Å². The van der Waals surface area contributed by atoms with Crippen LogP contribution in [0.4, 0.5) is 22.7 Å². The Morgan fingerprint density at radius 3 is 2.48 bits per heavy atom. The van der Waals surface area contributed by atoms with E-state index in [9.17, 15) is 20.2 Å². The van der Waals surface area contributed by atoms with E-state index in [2.05, 4.69) is 4.99 Å². The summed E-state index contributed by atoms with van der Waals surface area (Å²) < 4.78 is 0. The van der Waals surface area contributed by atoms with Crippen molar-refractivity contribution in [2.45, 2.75) is 6.92 Å². The number of fused-ring (bicyclic) bond motifs is 1. The summed E-state index contributed by atoms with van der Waals surface area (Å²) in [4.78, 5) is 27.3. The van der Waals surface area contributed by atoms with Crippen LogP contribution >= 0.6 is 0 Å². The third-order valence-electron chi connectivity index (χ3n) is 3.98. The fraction of sp³-hybridized carbons (Fsp3) is 0.118. The van der Waals surface area contributed by atoms with Gasteiger partial charge in [0, 0.05) is 13.1 Å². The second-order valence-corrected chi connectivity index (χ2v) is 5.53. The summed E-state index contributed by atoms with van der Waals surface area (Å²) in [7, 11) is 1.85. The monoisotopic (exact) mass is 338 g/mol. The molecule has 0 atom stereocenters. The van der Waals surface area contributed by atoms with Gasteiger partial charge in [-0.25, -0.2) is 4.99 Å². The fourth-order valence-corrected chi connectivity index (χ4v) is 2.73. The molecule has 25 heavy (non-hydrogen) atoms. The zero-order valence-electron chi connectivity index (χ0n) is 13.5. The van der Waals surface area contributed by atoms with Crippen LogP contribution in [0.15, 0.2) is 53.2 Å². The van der Waals surface area contributed by atoms with Gasteiger partial charge in [0.15, 0.2) is 0 Å². The van der Waals surface area contributed by atoms with Crippen LogP contribution in [0.3, 0.4) is 0 Å². The molecule has 1 aliphatic rings. The highest BCUT2D eigenvalue weighted by atomic mass is 16.6. The molecular weight excluding hydrogens is 324 g/mol. The highest BCUT2D eigenvalue weighted by Crippen LogP contribution is 2.36. The van der Waals surface area contributed by atoms with Crippen molar-refractivity contribution in [2.24, 2.45) is 4.99 Å². The molecule has 0 N–H and O–H groups in total. The standard InChI is InChI=1S/C17H14N4O4/c1-11-16(19(2)15-6-4-3-5-14(15)18-11)9-12-7-8-13(20(22)23)10-17(12)21(24)25/h3-10H,1-2H3/b16-9+. The van der Waals surface area contributed by atoms with Crippen LogP contribution in [-0.4, -0.2) is 22.6 Å². The first-order chi connectivity index (χ1) is 11.9. The van der Waals surface area contributed by atoms with Gasteiger partial charge in [-0.15, -0.1) is 0 Å². The molecule has 2 aromatic rings. The minimum Gasteiger partial charge on any atom is -0.341 e. The molecule has 3 rings (SSSR count). The molecule has 0 fully saturated rings. The number of non-ortho nitro benzene ring substituents is 1. The van der Waals surface area contributed by atoms with E-state index >= 15 is 0 Å². The van der Waals surface area contributed by atoms with E-state index in [-0.39, 0.29) is 16.9 Å². The van der Waals surface area contributed by atoms with Gasteiger partial charge in [0.1, 0.15) is 0 Å². The van der Waals surface area contributed by atoms with Gasteiger partial charge < -0.3 is 4.90 Å². The highest BCUT2D eigenvalue weighted by molar-refractivity contribution is 6.09. The van der Waals surface area contributed by atoms with Crippen LogP contribution in [0.2, 0.25) is 0 Å². The SMILES string of the molecule is CC1=Nc2ccccc2N(C)/C1=C/c1ccc([N+](=O)[O-])cc1[N+](=O)[O-]. The molecule has 0 saturated heterocycles. The number of hydrogen-bond acceptors (Lipinski definition) is 6. The van der Waals surface area contributed by atoms with E-state index in [0.717, 1.165) is 17.4 Å². The Morgan fingerprint density at radius 2 is 1.80 bits per heavy atom. The molecule has 8 heteroatoms. The molecule has 1 heterocycles. The number of hydrogen-bond donors (Lipinski definition) is 0. The lowest BCUT2D eigenvalue weighted by Gasteiger charge is -2.28. The second kappa shape index (κ2) is 6.16. The Bertz CT molecular complexity index is 949. The van der Waals surface area contributed by atoms with E-state index < -0.39 is 9.85 Å². The zero-order chi connectivity index (χ0) is 18.1. The molecule has 0 bridgehead atoms. The number of anilines is 1. The predicted molar refractivity (Wildman–Crippen MR) is 95.3 cm³/mol. The van der Waals surface area contributed by atoms with Crippen molar-refractivity contribution in [1.82, 2.24) is 0 Å². The summed E-state index contributed by atoms with van der Waals surface area (Å²) in [6, 6.07) is 11.2. The summed E-state index contributed by atoms with van der Waals surface area (Å²) in [5, 5.41) is 22.2. The first-order valence-corrected chi connectivity index (χ1v) is 7.41. The van der Waals surface area contributed by atoms with Gasteiger partial charge in [-0.2, -0.15) is 0 Å². The molecule has 0 spiro atoms. The van der Waals surface area contributed by atoms with Crippen molar-refractivity contribution in [3.05, 3.63) is 74.0 Å². The van der Waals surface area contributed by atoms with E-state index in [4.69, 9.17) is 0 Å². The summed E-state index contributed by atoms with van der Waals surface area (Å²) in [6.07, 6.45) is 1.62. The van der Waals surface area contributed by atoms with Gasteiger partial charge in [-0.3, -0.25) is 20.2 Å². The highest BCUT2D eigenvalue weighted by Gasteiger charge is 2.22. The molecule has 0 aliphatic carbocycles. The lowest BCUT2D eigenvalue weighted by Crippen LogP contribution is -2.24. The quantitative estimate of drug-likeness (QED) is 0.619. The van der Waals surface area contributed by atoms with Crippen LogP contribution in [0.1, 0.15) is 12.5 Å². The maximum absolute atomic E-state index is 11.3. The smallest absolute Gasteiger partial charge is 0.283 e. The Balaban J connectivity index is 2.13. The van der Waals surface area contributed by atoms with Crippen LogP contribution in [0, 0.1) is 20.2 Å². The Kier molecular flexibility index (Phi) is 4.02. The minimum absolute atomic E-state index is 0.284. The molecule has 1 aliphatic heterocycles. The second-order valence-electron chi connectivity index (χ2n) is 5.53. The predicted octanol–water partition coefficient (Wildman–Crippen LogP) is 4.09. The van der Waals surface area contributed by atoms with E-state index in [1.54, 1.807) is 6.08 Å². The van der Waals surface area contributed by atoms with Crippen LogP contribution < -0.4 is 4.90 Å². The summed E-state index contributed by atoms with van der Waals surface area (Å²) in [6.45, 7) is 1.81. The molecule has 2 aromatic carbocycles. The lowest BCUT2D eigenvalue weighted by atomic mass is 10.1. The van der Waals surface area contributed by atoms with Crippen molar-refractivity contribution in [1.29, 1.82) is 0 Å². The number of nitro benzene ring substituents is 2. The van der Waals surface area contributed by atoms with Gasteiger partial charge in [-0.05, 0) is 31.2 Å². The van der Waals surface area contributed by atoms with Crippen molar-refractivity contribution in [3.8, 4) is 0 Å². The number of allylic oxidation sites excluding steroid dienone is 1. The topological polar surface area (TPSA) is 102 Å². The molecule has 0 saturated carbocycles. The van der Waals surface area contributed by atoms with Crippen molar-refractivity contribution in [2.75, 3.05) is 11.9 Å². The number of nitro groups is 2. The van der Waals surface area contributed by atoms with Crippen LogP contribution in [0.5, 0.6) is 0 Å². The fourth-order valence-electron chi connectivity index (χ4n) is 2.73. The average Bonchev–Trinajstić information content (AvgIpc) is 2.58. The third kappa shape index (κ3) is 2.97. The van der Waals surface area contributed by atoms with E-state index in [0.29, 0.717) is 11.4 Å². The molecule has 0 amide bonds. The number of para-hydroxylation sites is 2. The minimum atomic E-state index is -0.653. The molecule has 8 nitrogen and oxygen atoms in total. The zero-order valence-corrected chi connectivity index (χ0v) is 13.5. The Labute approximate surface area is 143 Å². The number of nitrogens with zero attached hydrogens (tertiary/aromatic N) is 4. The Hall–Kier alpha value is -3.55. The van der Waals surface area contributed by atoms with Gasteiger partial charge in [0.25, 0.3) is 11.4 Å². The number of rotatable bonds is 3.